The van der Waals surface area contributed by atoms with Crippen LogP contribution in [-0.2, 0) is 21.2 Å². The van der Waals surface area contributed by atoms with Gasteiger partial charge in [-0.3, -0.25) is 9.69 Å². The number of primary sulfonamides is 1. The lowest BCUT2D eigenvalue weighted by Crippen LogP contribution is -2.30. The predicted molar refractivity (Wildman–Crippen MR) is 139 cm³/mol. The molecule has 1 amide bonds. The average Bonchev–Trinajstić information content (AvgIpc) is 3.41. The molecule has 2 aromatic carbocycles. The summed E-state index contributed by atoms with van der Waals surface area (Å²) < 4.78 is 39.8. The number of thioether (sulfide) groups is 1. The van der Waals surface area contributed by atoms with E-state index in [1.807, 2.05) is 18.2 Å². The molecule has 1 aliphatic rings. The van der Waals surface area contributed by atoms with Gasteiger partial charge in [0.25, 0.3) is 5.91 Å². The predicted octanol–water partition coefficient (Wildman–Crippen LogP) is 4.06. The van der Waals surface area contributed by atoms with Crippen LogP contribution in [0.4, 0.5) is 0 Å². The number of nitrogens with zero attached hydrogens (tertiary/aromatic N) is 1. The number of sulfonamides is 1. The van der Waals surface area contributed by atoms with Gasteiger partial charge in [0.1, 0.15) is 15.8 Å². The number of hydrogen-bond donors (Lipinski definition) is 1. The monoisotopic (exact) mass is 530 g/mol. The first-order chi connectivity index (χ1) is 16.7. The molecule has 2 N–H and O–H groups in total. The van der Waals surface area contributed by atoms with Gasteiger partial charge in [-0.05, 0) is 60.5 Å². The summed E-state index contributed by atoms with van der Waals surface area (Å²) in [7, 11) is -0.611. The molecule has 35 heavy (non-hydrogen) atoms. The normalized spacial score (nSPS) is 15.2. The van der Waals surface area contributed by atoms with Gasteiger partial charge in [0.2, 0.25) is 10.0 Å². The van der Waals surface area contributed by atoms with E-state index in [9.17, 15) is 13.2 Å². The van der Waals surface area contributed by atoms with Crippen LogP contribution in [0.15, 0.2) is 68.8 Å². The molecule has 1 aromatic heterocycles. The van der Waals surface area contributed by atoms with E-state index in [1.54, 1.807) is 49.5 Å². The minimum absolute atomic E-state index is 0.0183. The standard InChI is InChI=1S/C24H22N2O6S3/c1-30-20-9-3-15(13-21(20)31-2)11-12-26-23(27)22(34-24(26)33)14-17-6-10-19(32-17)16-4-7-18(8-5-16)35(25,28)29/h3-10,13-14H,11-12H2,1-2H3,(H2,25,28,29)/b22-14-. The van der Waals surface area contributed by atoms with Crippen molar-refractivity contribution in [1.29, 1.82) is 0 Å². The molecule has 8 nitrogen and oxygen atoms in total. The van der Waals surface area contributed by atoms with Gasteiger partial charge in [-0.1, -0.05) is 30.0 Å². The van der Waals surface area contributed by atoms with Gasteiger partial charge >= 0.3 is 0 Å². The zero-order chi connectivity index (χ0) is 25.2. The Morgan fingerprint density at radius 1 is 1.06 bits per heavy atom. The molecule has 0 spiro atoms. The third kappa shape index (κ3) is 5.59. The number of hydrogen-bond acceptors (Lipinski definition) is 8. The maximum atomic E-state index is 13.0. The summed E-state index contributed by atoms with van der Waals surface area (Å²) in [5.74, 6) is 2.10. The molecule has 1 aliphatic heterocycles. The lowest BCUT2D eigenvalue weighted by Gasteiger charge is -2.15. The van der Waals surface area contributed by atoms with Crippen molar-refractivity contribution in [2.75, 3.05) is 20.8 Å². The van der Waals surface area contributed by atoms with Gasteiger partial charge in [-0.2, -0.15) is 0 Å². The summed E-state index contributed by atoms with van der Waals surface area (Å²) in [5, 5.41) is 5.14. The van der Waals surface area contributed by atoms with Crippen LogP contribution in [0.5, 0.6) is 11.5 Å². The van der Waals surface area contributed by atoms with Crippen molar-refractivity contribution >= 4 is 50.3 Å². The molecule has 4 rings (SSSR count). The van der Waals surface area contributed by atoms with E-state index in [4.69, 9.17) is 31.2 Å². The van der Waals surface area contributed by atoms with E-state index in [0.29, 0.717) is 50.8 Å². The van der Waals surface area contributed by atoms with Crippen LogP contribution in [0, 0.1) is 0 Å². The lowest BCUT2D eigenvalue weighted by molar-refractivity contribution is -0.122. The Labute approximate surface area is 212 Å². The Morgan fingerprint density at radius 3 is 2.43 bits per heavy atom. The first-order valence-electron chi connectivity index (χ1n) is 10.4. The number of carbonyl (C=O) groups excluding carboxylic acids is 1. The second-order valence-electron chi connectivity index (χ2n) is 7.54. The second kappa shape index (κ2) is 10.2. The molecular weight excluding hydrogens is 508 g/mol. The zero-order valence-electron chi connectivity index (χ0n) is 18.9. The van der Waals surface area contributed by atoms with Crippen molar-refractivity contribution in [2.24, 2.45) is 5.14 Å². The first-order valence-corrected chi connectivity index (χ1v) is 13.2. The van der Waals surface area contributed by atoms with Gasteiger partial charge in [0, 0.05) is 18.2 Å². The van der Waals surface area contributed by atoms with Crippen molar-refractivity contribution < 1.29 is 27.1 Å². The summed E-state index contributed by atoms with van der Waals surface area (Å²) in [6.45, 7) is 0.428. The molecule has 2 heterocycles. The molecular formula is C24H22N2O6S3. The van der Waals surface area contributed by atoms with Crippen LogP contribution in [0.3, 0.4) is 0 Å². The Hall–Kier alpha value is -3.12. The largest absolute Gasteiger partial charge is 0.493 e. The van der Waals surface area contributed by atoms with Crippen LogP contribution in [-0.4, -0.2) is 44.3 Å². The molecule has 3 aromatic rings. The summed E-state index contributed by atoms with van der Waals surface area (Å²) >= 11 is 6.65. The van der Waals surface area contributed by atoms with Gasteiger partial charge < -0.3 is 13.9 Å². The Bertz CT molecular complexity index is 1410. The van der Waals surface area contributed by atoms with Crippen molar-refractivity contribution in [3.8, 4) is 22.8 Å². The van der Waals surface area contributed by atoms with Gasteiger partial charge in [-0.15, -0.1) is 0 Å². The number of benzene rings is 2. The Kier molecular flexibility index (Phi) is 7.31. The second-order valence-corrected chi connectivity index (χ2v) is 10.8. The summed E-state index contributed by atoms with van der Waals surface area (Å²) in [5.41, 5.74) is 1.67. The fraction of sp³-hybridized carbons (Fsp3) is 0.167. The molecule has 0 unspecified atom stereocenters. The highest BCUT2D eigenvalue weighted by Crippen LogP contribution is 2.34. The Balaban J connectivity index is 1.45. The molecule has 1 saturated heterocycles. The fourth-order valence-electron chi connectivity index (χ4n) is 3.49. The Morgan fingerprint density at radius 2 is 1.77 bits per heavy atom. The minimum Gasteiger partial charge on any atom is -0.493 e. The number of rotatable bonds is 8. The van der Waals surface area contributed by atoms with E-state index < -0.39 is 10.0 Å². The number of thiocarbonyl (C=S) groups is 1. The number of methoxy groups -OCH3 is 2. The number of nitrogens with two attached hydrogens (primary N) is 1. The zero-order valence-corrected chi connectivity index (χ0v) is 21.3. The van der Waals surface area contributed by atoms with Crippen molar-refractivity contribution in [3.05, 3.63) is 70.8 Å². The average molecular weight is 531 g/mol. The van der Waals surface area contributed by atoms with Crippen molar-refractivity contribution in [2.45, 2.75) is 11.3 Å². The van der Waals surface area contributed by atoms with E-state index in [2.05, 4.69) is 0 Å². The summed E-state index contributed by atoms with van der Waals surface area (Å²) in [4.78, 5) is 15.0. The van der Waals surface area contributed by atoms with Crippen LogP contribution in [0.1, 0.15) is 11.3 Å². The fourth-order valence-corrected chi connectivity index (χ4v) is 5.30. The lowest BCUT2D eigenvalue weighted by atomic mass is 10.1. The number of amides is 1. The molecule has 0 bridgehead atoms. The third-order valence-electron chi connectivity index (χ3n) is 5.31. The van der Waals surface area contributed by atoms with E-state index in [1.165, 1.54) is 23.9 Å². The molecule has 11 heteroatoms. The summed E-state index contributed by atoms with van der Waals surface area (Å²) in [6, 6.07) is 15.2. The molecule has 0 aliphatic carbocycles. The van der Waals surface area contributed by atoms with Crippen LogP contribution in [0.25, 0.3) is 17.4 Å². The highest BCUT2D eigenvalue weighted by Gasteiger charge is 2.32. The molecule has 182 valence electrons. The molecule has 1 fully saturated rings. The van der Waals surface area contributed by atoms with Crippen molar-refractivity contribution in [1.82, 2.24) is 4.90 Å². The summed E-state index contributed by atoms with van der Waals surface area (Å²) in [6.07, 6.45) is 2.25. The van der Waals surface area contributed by atoms with Crippen LogP contribution in [0.2, 0.25) is 0 Å². The number of ether oxygens (including phenoxy) is 2. The quantitative estimate of drug-likeness (QED) is 0.343. The maximum Gasteiger partial charge on any atom is 0.266 e. The van der Waals surface area contributed by atoms with Gasteiger partial charge in [-0.25, -0.2) is 13.6 Å². The number of carbonyl (C=O) groups is 1. The van der Waals surface area contributed by atoms with Crippen molar-refractivity contribution in [3.63, 3.8) is 0 Å². The maximum absolute atomic E-state index is 13.0. The molecule has 0 radical (unpaired) electrons. The highest BCUT2D eigenvalue weighted by molar-refractivity contribution is 8.26. The SMILES string of the molecule is COc1ccc(CCN2C(=O)/C(=C/c3ccc(-c4ccc(S(N)(=O)=O)cc4)o3)SC2=S)cc1OC. The number of furan rings is 1. The van der Waals surface area contributed by atoms with E-state index in [0.717, 1.165) is 5.56 Å². The van der Waals surface area contributed by atoms with E-state index >= 15 is 0 Å². The topological polar surface area (TPSA) is 112 Å². The third-order valence-corrected chi connectivity index (χ3v) is 7.62. The van der Waals surface area contributed by atoms with Crippen LogP contribution >= 0.6 is 24.0 Å². The smallest absolute Gasteiger partial charge is 0.266 e. The minimum atomic E-state index is -3.77. The van der Waals surface area contributed by atoms with Gasteiger partial charge in [0.05, 0.1) is 24.0 Å². The molecule has 0 atom stereocenters. The van der Waals surface area contributed by atoms with Crippen LogP contribution < -0.4 is 14.6 Å². The van der Waals surface area contributed by atoms with Gasteiger partial charge in [0.15, 0.2) is 11.5 Å². The first kappa shape index (κ1) is 25.0. The molecule has 0 saturated carbocycles. The van der Waals surface area contributed by atoms with E-state index in [-0.39, 0.29) is 10.8 Å². The highest BCUT2D eigenvalue weighted by atomic mass is 32.2.